The molecule has 0 aliphatic rings. The van der Waals surface area contributed by atoms with Crippen LogP contribution in [0.2, 0.25) is 0 Å². The minimum Gasteiger partial charge on any atom is -0.355 e. The standard InChI is InChI=1S/C17H20N2O3S/c1-14-7-9-15(10-8-14)13-17(20)18-11-12-23(21,22)19-16-5-3-2-4-6-16/h2-10,19H,11-13H2,1H3,(H,18,20). The summed E-state index contributed by atoms with van der Waals surface area (Å²) >= 11 is 0. The number of benzene rings is 2. The molecule has 2 rings (SSSR count). The summed E-state index contributed by atoms with van der Waals surface area (Å²) in [5.41, 5.74) is 2.55. The smallest absolute Gasteiger partial charge is 0.234 e. The number of rotatable bonds is 7. The SMILES string of the molecule is Cc1ccc(CC(=O)NCCS(=O)(=O)Nc2ccccc2)cc1. The maximum atomic E-state index is 11.9. The lowest BCUT2D eigenvalue weighted by Crippen LogP contribution is -2.32. The molecule has 0 saturated carbocycles. The van der Waals surface area contributed by atoms with Crippen LogP contribution in [-0.4, -0.2) is 26.6 Å². The highest BCUT2D eigenvalue weighted by molar-refractivity contribution is 7.92. The summed E-state index contributed by atoms with van der Waals surface area (Å²) in [4.78, 5) is 11.8. The lowest BCUT2D eigenvalue weighted by atomic mass is 10.1. The molecule has 0 atom stereocenters. The Kier molecular flexibility index (Phi) is 5.76. The number of hydrogen-bond donors (Lipinski definition) is 2. The van der Waals surface area contributed by atoms with Gasteiger partial charge in [0.05, 0.1) is 12.2 Å². The van der Waals surface area contributed by atoms with Crippen molar-refractivity contribution in [2.45, 2.75) is 13.3 Å². The van der Waals surface area contributed by atoms with E-state index in [1.54, 1.807) is 24.3 Å². The Balaban J connectivity index is 1.77. The van der Waals surface area contributed by atoms with E-state index < -0.39 is 10.0 Å². The van der Waals surface area contributed by atoms with Crippen molar-refractivity contribution < 1.29 is 13.2 Å². The fraction of sp³-hybridized carbons (Fsp3) is 0.235. The highest BCUT2D eigenvalue weighted by Crippen LogP contribution is 2.07. The second-order valence-electron chi connectivity index (χ2n) is 5.30. The van der Waals surface area contributed by atoms with E-state index in [2.05, 4.69) is 10.0 Å². The Morgan fingerprint density at radius 3 is 2.30 bits per heavy atom. The van der Waals surface area contributed by atoms with Gasteiger partial charge in [0.15, 0.2) is 0 Å². The fourth-order valence-corrected chi connectivity index (χ4v) is 2.98. The van der Waals surface area contributed by atoms with Crippen LogP contribution in [0.15, 0.2) is 54.6 Å². The van der Waals surface area contributed by atoms with Gasteiger partial charge in [-0.15, -0.1) is 0 Å². The Hall–Kier alpha value is -2.34. The molecule has 23 heavy (non-hydrogen) atoms. The van der Waals surface area contributed by atoms with Gasteiger partial charge >= 0.3 is 0 Å². The Bertz CT molecular complexity index is 741. The largest absolute Gasteiger partial charge is 0.355 e. The van der Waals surface area contributed by atoms with Gasteiger partial charge in [0.25, 0.3) is 0 Å². The molecule has 0 radical (unpaired) electrons. The first-order chi connectivity index (χ1) is 10.9. The van der Waals surface area contributed by atoms with Gasteiger partial charge in [-0.1, -0.05) is 48.0 Å². The van der Waals surface area contributed by atoms with Gasteiger partial charge in [-0.2, -0.15) is 0 Å². The number of sulfonamides is 1. The molecule has 1 amide bonds. The van der Waals surface area contributed by atoms with E-state index in [1.165, 1.54) is 0 Å². The molecular weight excluding hydrogens is 312 g/mol. The average Bonchev–Trinajstić information content (AvgIpc) is 2.50. The molecule has 0 fully saturated rings. The Morgan fingerprint density at radius 2 is 1.65 bits per heavy atom. The summed E-state index contributed by atoms with van der Waals surface area (Å²) in [6.07, 6.45) is 0.243. The summed E-state index contributed by atoms with van der Waals surface area (Å²) in [7, 11) is -3.47. The van der Waals surface area contributed by atoms with Crippen LogP contribution in [0.5, 0.6) is 0 Å². The van der Waals surface area contributed by atoms with Crippen LogP contribution >= 0.6 is 0 Å². The number of hydrogen-bond acceptors (Lipinski definition) is 3. The van der Waals surface area contributed by atoms with Gasteiger partial charge in [-0.25, -0.2) is 8.42 Å². The third-order valence-electron chi connectivity index (χ3n) is 3.23. The quantitative estimate of drug-likeness (QED) is 0.815. The number of nitrogens with one attached hydrogen (secondary N) is 2. The van der Waals surface area contributed by atoms with Crippen LogP contribution in [0.25, 0.3) is 0 Å². The topological polar surface area (TPSA) is 75.3 Å². The van der Waals surface area contributed by atoms with Crippen molar-refractivity contribution in [2.75, 3.05) is 17.0 Å². The van der Waals surface area contributed by atoms with Gasteiger partial charge in [0, 0.05) is 12.2 Å². The van der Waals surface area contributed by atoms with E-state index in [-0.39, 0.29) is 24.6 Å². The number of amides is 1. The molecule has 0 aliphatic heterocycles. The lowest BCUT2D eigenvalue weighted by molar-refractivity contribution is -0.120. The van der Waals surface area contributed by atoms with Crippen molar-refractivity contribution in [1.29, 1.82) is 0 Å². The van der Waals surface area contributed by atoms with E-state index in [4.69, 9.17) is 0 Å². The molecule has 2 aromatic rings. The molecular formula is C17H20N2O3S. The van der Waals surface area contributed by atoms with Crippen molar-refractivity contribution >= 4 is 21.6 Å². The first kappa shape index (κ1) is 17.0. The van der Waals surface area contributed by atoms with E-state index in [0.29, 0.717) is 5.69 Å². The predicted octanol–water partition coefficient (Wildman–Crippen LogP) is 2.10. The van der Waals surface area contributed by atoms with Crippen LogP contribution in [0, 0.1) is 6.92 Å². The molecule has 0 aromatic heterocycles. The molecule has 5 nitrogen and oxygen atoms in total. The second kappa shape index (κ2) is 7.78. The monoisotopic (exact) mass is 332 g/mol. The van der Waals surface area contributed by atoms with Crippen LogP contribution in [0.3, 0.4) is 0 Å². The number of aryl methyl sites for hydroxylation is 1. The minimum absolute atomic E-state index is 0.0763. The van der Waals surface area contributed by atoms with E-state index >= 15 is 0 Å². The van der Waals surface area contributed by atoms with Gasteiger partial charge in [0.1, 0.15) is 0 Å². The number of carbonyl (C=O) groups is 1. The molecule has 0 bridgehead atoms. The Morgan fingerprint density at radius 1 is 1.00 bits per heavy atom. The molecule has 0 spiro atoms. The van der Waals surface area contributed by atoms with Crippen molar-refractivity contribution in [3.8, 4) is 0 Å². The van der Waals surface area contributed by atoms with Crippen molar-refractivity contribution in [2.24, 2.45) is 0 Å². The molecule has 2 N–H and O–H groups in total. The number of anilines is 1. The lowest BCUT2D eigenvalue weighted by Gasteiger charge is -2.09. The number of carbonyl (C=O) groups excluding carboxylic acids is 1. The summed E-state index contributed by atoms with van der Waals surface area (Å²) in [6.45, 7) is 2.06. The molecule has 122 valence electrons. The summed E-state index contributed by atoms with van der Waals surface area (Å²) in [5, 5.41) is 2.63. The highest BCUT2D eigenvalue weighted by atomic mass is 32.2. The van der Waals surface area contributed by atoms with Crippen LogP contribution in [0.1, 0.15) is 11.1 Å². The fourth-order valence-electron chi connectivity index (χ4n) is 2.02. The minimum atomic E-state index is -3.47. The van der Waals surface area contributed by atoms with E-state index in [9.17, 15) is 13.2 Å². The first-order valence-electron chi connectivity index (χ1n) is 7.32. The van der Waals surface area contributed by atoms with Crippen LogP contribution in [-0.2, 0) is 21.2 Å². The molecule has 0 aliphatic carbocycles. The zero-order valence-electron chi connectivity index (χ0n) is 13.0. The molecule has 0 heterocycles. The summed E-state index contributed by atoms with van der Waals surface area (Å²) in [5.74, 6) is -0.356. The number of para-hydroxylation sites is 1. The molecule has 0 unspecified atom stereocenters. The van der Waals surface area contributed by atoms with Crippen molar-refractivity contribution in [3.63, 3.8) is 0 Å². The zero-order valence-corrected chi connectivity index (χ0v) is 13.8. The zero-order chi connectivity index (χ0) is 16.7. The van der Waals surface area contributed by atoms with E-state index in [0.717, 1.165) is 11.1 Å². The van der Waals surface area contributed by atoms with Gasteiger partial charge < -0.3 is 5.32 Å². The van der Waals surface area contributed by atoms with Gasteiger partial charge in [0.2, 0.25) is 15.9 Å². The van der Waals surface area contributed by atoms with E-state index in [1.807, 2.05) is 37.3 Å². The predicted molar refractivity (Wildman–Crippen MR) is 91.7 cm³/mol. The van der Waals surface area contributed by atoms with Crippen molar-refractivity contribution in [3.05, 3.63) is 65.7 Å². The second-order valence-corrected chi connectivity index (χ2v) is 7.14. The highest BCUT2D eigenvalue weighted by Gasteiger charge is 2.11. The van der Waals surface area contributed by atoms with Crippen molar-refractivity contribution in [1.82, 2.24) is 5.32 Å². The summed E-state index contributed by atoms with van der Waals surface area (Å²) < 4.78 is 26.3. The Labute approximate surface area is 136 Å². The molecule has 2 aromatic carbocycles. The maximum absolute atomic E-state index is 11.9. The maximum Gasteiger partial charge on any atom is 0.234 e. The van der Waals surface area contributed by atoms with Gasteiger partial charge in [-0.3, -0.25) is 9.52 Å². The first-order valence-corrected chi connectivity index (χ1v) is 8.98. The molecule has 6 heteroatoms. The normalized spacial score (nSPS) is 11.0. The van der Waals surface area contributed by atoms with Gasteiger partial charge in [-0.05, 0) is 24.6 Å². The third-order valence-corrected chi connectivity index (χ3v) is 4.51. The van der Waals surface area contributed by atoms with Crippen LogP contribution in [0.4, 0.5) is 5.69 Å². The average molecular weight is 332 g/mol. The molecule has 0 saturated heterocycles. The summed E-state index contributed by atoms with van der Waals surface area (Å²) in [6, 6.07) is 16.3. The van der Waals surface area contributed by atoms with Crippen LogP contribution < -0.4 is 10.0 Å². The third kappa shape index (κ3) is 6.12.